The van der Waals surface area contributed by atoms with Crippen LogP contribution in [-0.2, 0) is 6.42 Å². The molecule has 1 atom stereocenters. The Kier molecular flexibility index (Phi) is 6.99. The Balaban J connectivity index is 1.27. The SMILES string of the molecule is C=C(CN1CCC(CCOc2ccc(F)cc2)CC1)N1c2c(N)cc(F)cc2CCC1C. The summed E-state index contributed by atoms with van der Waals surface area (Å²) in [6.45, 7) is 10.1. The van der Waals surface area contributed by atoms with Gasteiger partial charge in [-0.25, -0.2) is 8.78 Å². The van der Waals surface area contributed by atoms with Crippen molar-refractivity contribution in [2.45, 2.75) is 45.1 Å². The Hall–Kier alpha value is -2.60. The summed E-state index contributed by atoms with van der Waals surface area (Å²) in [5.41, 5.74) is 9.64. The van der Waals surface area contributed by atoms with Crippen molar-refractivity contribution >= 4 is 11.4 Å². The van der Waals surface area contributed by atoms with Crippen molar-refractivity contribution in [1.82, 2.24) is 4.90 Å². The summed E-state index contributed by atoms with van der Waals surface area (Å²) >= 11 is 0. The van der Waals surface area contributed by atoms with Gasteiger partial charge in [-0.2, -0.15) is 0 Å². The van der Waals surface area contributed by atoms with Crippen LogP contribution in [0.5, 0.6) is 5.75 Å². The molecule has 0 saturated carbocycles. The standard InChI is InChI=1S/C26H33F2N3O/c1-18-3-4-21-15-23(28)16-25(29)26(21)31(18)19(2)17-30-12-9-20(10-13-30)11-14-32-24-7-5-22(27)6-8-24/h5-8,15-16,18,20H,2-4,9-14,17,29H2,1H3. The van der Waals surface area contributed by atoms with Crippen molar-refractivity contribution in [2.75, 3.05) is 36.9 Å². The first kappa shape index (κ1) is 22.6. The van der Waals surface area contributed by atoms with Crippen molar-refractivity contribution in [3.63, 3.8) is 0 Å². The number of likely N-dealkylation sites (tertiary alicyclic amines) is 1. The molecular formula is C26H33F2N3O. The van der Waals surface area contributed by atoms with Crippen LogP contribution in [0.4, 0.5) is 20.2 Å². The summed E-state index contributed by atoms with van der Waals surface area (Å²) < 4.78 is 32.6. The van der Waals surface area contributed by atoms with Crippen LogP contribution in [-0.4, -0.2) is 37.2 Å². The Morgan fingerprint density at radius 3 is 2.53 bits per heavy atom. The second-order valence-electron chi connectivity index (χ2n) is 9.14. The fraction of sp³-hybridized carbons (Fsp3) is 0.462. The molecule has 2 heterocycles. The molecule has 2 N–H and O–H groups in total. The minimum absolute atomic E-state index is 0.247. The first-order chi connectivity index (χ1) is 15.4. The van der Waals surface area contributed by atoms with E-state index in [1.54, 1.807) is 18.2 Å². The lowest BCUT2D eigenvalue weighted by Gasteiger charge is -2.41. The van der Waals surface area contributed by atoms with Gasteiger partial charge in [0.2, 0.25) is 0 Å². The van der Waals surface area contributed by atoms with Crippen LogP contribution in [0, 0.1) is 17.6 Å². The third kappa shape index (κ3) is 5.23. The predicted molar refractivity (Wildman–Crippen MR) is 126 cm³/mol. The zero-order chi connectivity index (χ0) is 22.7. The highest BCUT2D eigenvalue weighted by atomic mass is 19.1. The molecule has 0 aliphatic carbocycles. The molecule has 1 fully saturated rings. The van der Waals surface area contributed by atoms with Crippen LogP contribution in [0.15, 0.2) is 48.7 Å². The van der Waals surface area contributed by atoms with E-state index in [2.05, 4.69) is 23.3 Å². The Morgan fingerprint density at radius 2 is 1.81 bits per heavy atom. The summed E-state index contributed by atoms with van der Waals surface area (Å²) in [6, 6.07) is 9.51. The number of rotatable bonds is 7. The lowest BCUT2D eigenvalue weighted by Crippen LogP contribution is -2.43. The number of benzene rings is 2. The summed E-state index contributed by atoms with van der Waals surface area (Å²) in [6.07, 6.45) is 5.06. The van der Waals surface area contributed by atoms with E-state index in [9.17, 15) is 8.78 Å². The van der Waals surface area contributed by atoms with Gasteiger partial charge in [0.05, 0.1) is 18.0 Å². The van der Waals surface area contributed by atoms with Crippen molar-refractivity contribution in [2.24, 2.45) is 5.92 Å². The van der Waals surface area contributed by atoms with Crippen LogP contribution >= 0.6 is 0 Å². The maximum absolute atomic E-state index is 13.8. The fourth-order valence-corrected chi connectivity index (χ4v) is 4.99. The van der Waals surface area contributed by atoms with Gasteiger partial charge in [0.25, 0.3) is 0 Å². The molecule has 0 spiro atoms. The molecule has 4 rings (SSSR count). The number of nitrogens with zero attached hydrogens (tertiary/aromatic N) is 2. The van der Waals surface area contributed by atoms with Crippen LogP contribution in [0.1, 0.15) is 38.2 Å². The van der Waals surface area contributed by atoms with Crippen molar-refractivity contribution in [3.8, 4) is 5.75 Å². The number of nitrogens with two attached hydrogens (primary N) is 1. The quantitative estimate of drug-likeness (QED) is 0.586. The van der Waals surface area contributed by atoms with Crippen molar-refractivity contribution in [3.05, 3.63) is 65.9 Å². The van der Waals surface area contributed by atoms with Gasteiger partial charge in [-0.1, -0.05) is 6.58 Å². The van der Waals surface area contributed by atoms with Gasteiger partial charge in [0.15, 0.2) is 0 Å². The Labute approximate surface area is 189 Å². The van der Waals surface area contributed by atoms with E-state index in [0.717, 1.165) is 74.4 Å². The lowest BCUT2D eigenvalue weighted by molar-refractivity contribution is 0.171. The molecule has 32 heavy (non-hydrogen) atoms. The highest BCUT2D eigenvalue weighted by molar-refractivity contribution is 5.75. The Bertz CT molecular complexity index is 939. The first-order valence-electron chi connectivity index (χ1n) is 11.6. The van der Waals surface area contributed by atoms with Crippen LogP contribution < -0.4 is 15.4 Å². The molecule has 1 saturated heterocycles. The summed E-state index contributed by atoms with van der Waals surface area (Å²) in [7, 11) is 0. The molecule has 0 aromatic heterocycles. The molecule has 4 nitrogen and oxygen atoms in total. The number of hydrogen-bond donors (Lipinski definition) is 1. The first-order valence-corrected chi connectivity index (χ1v) is 11.6. The molecule has 172 valence electrons. The van der Waals surface area contributed by atoms with E-state index in [-0.39, 0.29) is 11.6 Å². The molecule has 0 bridgehead atoms. The summed E-state index contributed by atoms with van der Waals surface area (Å²) in [5.74, 6) is 0.832. The molecule has 1 unspecified atom stereocenters. The van der Waals surface area contributed by atoms with E-state index in [4.69, 9.17) is 10.5 Å². The summed E-state index contributed by atoms with van der Waals surface area (Å²) in [5, 5.41) is 0. The van der Waals surface area contributed by atoms with Crippen LogP contribution in [0.3, 0.4) is 0 Å². The number of hydrogen-bond acceptors (Lipinski definition) is 4. The van der Waals surface area contributed by atoms with Gasteiger partial charge in [0, 0.05) is 18.3 Å². The maximum Gasteiger partial charge on any atom is 0.125 e. The molecular weight excluding hydrogens is 408 g/mol. The van der Waals surface area contributed by atoms with Crippen LogP contribution in [0.2, 0.25) is 0 Å². The normalized spacial score (nSPS) is 19.6. The average Bonchev–Trinajstić information content (AvgIpc) is 2.76. The molecule has 0 radical (unpaired) electrons. The second-order valence-corrected chi connectivity index (χ2v) is 9.14. The molecule has 2 aromatic carbocycles. The molecule has 6 heteroatoms. The number of ether oxygens (including phenoxy) is 1. The van der Waals surface area contributed by atoms with Gasteiger partial charge in [-0.3, -0.25) is 4.90 Å². The molecule has 2 aliphatic rings. The Morgan fingerprint density at radius 1 is 1.09 bits per heavy atom. The third-order valence-corrected chi connectivity index (χ3v) is 6.76. The van der Waals surface area contributed by atoms with Crippen molar-refractivity contribution in [1.29, 1.82) is 0 Å². The molecule has 0 amide bonds. The number of anilines is 2. The average molecular weight is 442 g/mol. The van der Waals surface area contributed by atoms with Gasteiger partial charge in [-0.15, -0.1) is 0 Å². The summed E-state index contributed by atoms with van der Waals surface area (Å²) in [4.78, 5) is 4.66. The van der Waals surface area contributed by atoms with E-state index in [0.29, 0.717) is 24.3 Å². The van der Waals surface area contributed by atoms with E-state index in [1.807, 2.05) is 0 Å². The van der Waals surface area contributed by atoms with Gasteiger partial charge < -0.3 is 15.4 Å². The van der Waals surface area contributed by atoms with Gasteiger partial charge >= 0.3 is 0 Å². The predicted octanol–water partition coefficient (Wildman–Crippen LogP) is 5.38. The maximum atomic E-state index is 13.8. The highest BCUT2D eigenvalue weighted by Crippen LogP contribution is 2.38. The number of halogens is 2. The molecule has 2 aliphatic heterocycles. The topological polar surface area (TPSA) is 41.7 Å². The number of aryl methyl sites for hydroxylation is 1. The number of fused-ring (bicyclic) bond motifs is 1. The van der Waals surface area contributed by atoms with E-state index in [1.165, 1.54) is 18.2 Å². The highest BCUT2D eigenvalue weighted by Gasteiger charge is 2.29. The van der Waals surface area contributed by atoms with Gasteiger partial charge in [0.1, 0.15) is 17.4 Å². The minimum atomic E-state index is -0.271. The monoisotopic (exact) mass is 441 g/mol. The minimum Gasteiger partial charge on any atom is -0.494 e. The number of piperidine rings is 1. The number of nitrogen functional groups attached to an aromatic ring is 1. The van der Waals surface area contributed by atoms with E-state index < -0.39 is 0 Å². The third-order valence-electron chi connectivity index (χ3n) is 6.76. The fourth-order valence-electron chi connectivity index (χ4n) is 4.99. The van der Waals surface area contributed by atoms with Crippen LogP contribution in [0.25, 0.3) is 0 Å². The smallest absolute Gasteiger partial charge is 0.125 e. The zero-order valence-electron chi connectivity index (χ0n) is 18.8. The molecule has 2 aromatic rings. The second kappa shape index (κ2) is 9.90. The van der Waals surface area contributed by atoms with E-state index >= 15 is 0 Å². The zero-order valence-corrected chi connectivity index (χ0v) is 18.8. The largest absolute Gasteiger partial charge is 0.494 e. The van der Waals surface area contributed by atoms with Gasteiger partial charge in [-0.05, 0) is 100.0 Å². The van der Waals surface area contributed by atoms with Crippen molar-refractivity contribution < 1.29 is 13.5 Å². The lowest BCUT2D eigenvalue weighted by atomic mass is 9.93.